The largest absolute Gasteiger partial charge is 0.481 e. The molecule has 0 atom stereocenters. The van der Waals surface area contributed by atoms with Crippen molar-refractivity contribution in [3.63, 3.8) is 0 Å². The lowest BCUT2D eigenvalue weighted by Gasteiger charge is -2.18. The van der Waals surface area contributed by atoms with Crippen LogP contribution in [0.15, 0.2) is 0 Å². The monoisotopic (exact) mass is 255 g/mol. The maximum Gasteiger partial charge on any atom is 0.336 e. The fourth-order valence-corrected chi connectivity index (χ4v) is 0.714. The highest BCUT2D eigenvalue weighted by molar-refractivity contribution is 5.88. The van der Waals surface area contributed by atoms with Crippen molar-refractivity contribution < 1.29 is 45.1 Å². The summed E-state index contributed by atoms with van der Waals surface area (Å²) in [5.74, 6) is -5.02. The molecule has 0 saturated carbocycles. The molecule has 0 aromatic heterocycles. The number of carboxylic acids is 3. The van der Waals surface area contributed by atoms with Crippen LogP contribution in [0.1, 0.15) is 12.8 Å². The van der Waals surface area contributed by atoms with Gasteiger partial charge in [-0.05, 0) is 0 Å². The maximum absolute atomic E-state index is 10.3. The van der Waals surface area contributed by atoms with E-state index in [4.69, 9.17) is 35.7 Å². The molecule has 5 N–H and O–H groups in total. The summed E-state index contributed by atoms with van der Waals surface area (Å²) in [4.78, 5) is 38.8. The molecular formula is C6H9NO10. The fraction of sp³-hybridized carbons (Fsp3) is 0.500. The second-order valence-corrected chi connectivity index (χ2v) is 2.72. The Hall–Kier alpha value is -2.43. The lowest BCUT2D eigenvalue weighted by Crippen LogP contribution is -2.42. The van der Waals surface area contributed by atoms with Crippen molar-refractivity contribution in [3.05, 3.63) is 10.1 Å². The third-order valence-electron chi connectivity index (χ3n) is 1.29. The average molecular weight is 255 g/mol. The number of hydrogen-bond donors (Lipinski definition) is 5. The molecule has 0 aromatic carbocycles. The van der Waals surface area contributed by atoms with Crippen LogP contribution >= 0.6 is 0 Å². The topological polar surface area (TPSA) is 195 Å². The molecular weight excluding hydrogens is 246 g/mol. The Balaban J connectivity index is 0. The van der Waals surface area contributed by atoms with Crippen molar-refractivity contribution in [2.75, 3.05) is 0 Å². The number of hydrogen-bond acceptors (Lipinski definition) is 6. The summed E-state index contributed by atoms with van der Waals surface area (Å²) in [6.45, 7) is 0. The number of carbonyl (C=O) groups is 3. The first-order valence-corrected chi connectivity index (χ1v) is 3.74. The Morgan fingerprint density at radius 1 is 1.06 bits per heavy atom. The van der Waals surface area contributed by atoms with Gasteiger partial charge in [-0.15, -0.1) is 10.1 Å². The predicted molar refractivity (Wildman–Crippen MR) is 45.9 cm³/mol. The van der Waals surface area contributed by atoms with Crippen molar-refractivity contribution in [1.29, 1.82) is 0 Å². The summed E-state index contributed by atoms with van der Waals surface area (Å²) in [6.07, 6.45) is -2.29. The number of carboxylic acid groups (broad SMARTS) is 3. The van der Waals surface area contributed by atoms with E-state index in [1.165, 1.54) is 0 Å². The Morgan fingerprint density at radius 2 is 1.29 bits per heavy atom. The van der Waals surface area contributed by atoms with E-state index in [2.05, 4.69) is 0 Å². The van der Waals surface area contributed by atoms with Crippen LogP contribution in [0.25, 0.3) is 0 Å². The van der Waals surface area contributed by atoms with Crippen LogP contribution in [0.5, 0.6) is 0 Å². The van der Waals surface area contributed by atoms with E-state index in [9.17, 15) is 14.4 Å². The zero-order valence-electron chi connectivity index (χ0n) is 8.14. The second-order valence-electron chi connectivity index (χ2n) is 2.72. The van der Waals surface area contributed by atoms with Crippen LogP contribution in [0.2, 0.25) is 0 Å². The van der Waals surface area contributed by atoms with Gasteiger partial charge < -0.3 is 25.6 Å². The van der Waals surface area contributed by atoms with Crippen molar-refractivity contribution in [1.82, 2.24) is 0 Å². The summed E-state index contributed by atoms with van der Waals surface area (Å²) >= 11 is 0. The highest BCUT2D eigenvalue weighted by Gasteiger charge is 2.40. The summed E-state index contributed by atoms with van der Waals surface area (Å²) in [5, 5.41) is 47.4. The molecule has 0 rings (SSSR count). The van der Waals surface area contributed by atoms with Crippen LogP contribution < -0.4 is 0 Å². The van der Waals surface area contributed by atoms with Crippen LogP contribution in [0, 0.1) is 10.1 Å². The van der Waals surface area contributed by atoms with E-state index in [0.29, 0.717) is 0 Å². The van der Waals surface area contributed by atoms with Gasteiger partial charge in [-0.25, -0.2) is 4.79 Å². The third kappa shape index (κ3) is 9.86. The van der Waals surface area contributed by atoms with E-state index in [-0.39, 0.29) is 0 Å². The van der Waals surface area contributed by atoms with Gasteiger partial charge in [0, 0.05) is 0 Å². The second kappa shape index (κ2) is 6.95. The molecule has 11 nitrogen and oxygen atoms in total. The molecule has 0 heterocycles. The SMILES string of the molecule is O=C(O)CC(O)(CC(=O)O)C(=O)O.O=[N+]([O-])O. The summed E-state index contributed by atoms with van der Waals surface area (Å²) < 4.78 is 0. The molecule has 98 valence electrons. The van der Waals surface area contributed by atoms with Crippen LogP contribution in [-0.4, -0.2) is 54.2 Å². The summed E-state index contributed by atoms with van der Waals surface area (Å²) in [6, 6.07) is 0. The Labute approximate surface area is 92.6 Å². The minimum atomic E-state index is -2.74. The molecule has 0 aliphatic heterocycles. The number of nitrogens with zero attached hydrogens (tertiary/aromatic N) is 1. The Morgan fingerprint density at radius 3 is 1.41 bits per heavy atom. The number of aliphatic hydroxyl groups is 1. The fourth-order valence-electron chi connectivity index (χ4n) is 0.714. The molecule has 0 aromatic rings. The highest BCUT2D eigenvalue weighted by atomic mass is 16.9. The molecule has 0 radical (unpaired) electrons. The van der Waals surface area contributed by atoms with Crippen molar-refractivity contribution in [3.8, 4) is 0 Å². The molecule has 0 bridgehead atoms. The van der Waals surface area contributed by atoms with Crippen LogP contribution in [0.3, 0.4) is 0 Å². The standard InChI is InChI=1S/C6H8O7.HNO3/c7-3(8)1-6(13,5(11)12)2-4(9)10;2-1(3)4/h13H,1-2H2,(H,7,8)(H,9,10)(H,11,12);(H,2,3,4). The van der Waals surface area contributed by atoms with E-state index in [1.54, 1.807) is 0 Å². The Bertz CT molecular complexity index is 303. The van der Waals surface area contributed by atoms with Gasteiger partial charge in [0.15, 0.2) is 5.60 Å². The number of rotatable bonds is 5. The normalized spacial score (nSPS) is 9.71. The van der Waals surface area contributed by atoms with Crippen molar-refractivity contribution in [2.45, 2.75) is 18.4 Å². The Kier molecular flexibility index (Phi) is 6.94. The minimum absolute atomic E-state index is 1.14. The first-order chi connectivity index (χ1) is 7.51. The van der Waals surface area contributed by atoms with Gasteiger partial charge in [-0.1, -0.05) is 0 Å². The van der Waals surface area contributed by atoms with Gasteiger partial charge in [-0.3, -0.25) is 9.59 Å². The third-order valence-corrected chi connectivity index (χ3v) is 1.29. The molecule has 0 aliphatic carbocycles. The molecule has 0 fully saturated rings. The van der Waals surface area contributed by atoms with Gasteiger partial charge in [0.1, 0.15) is 0 Å². The highest BCUT2D eigenvalue weighted by Crippen LogP contribution is 2.15. The van der Waals surface area contributed by atoms with E-state index in [1.807, 2.05) is 0 Å². The predicted octanol–water partition coefficient (Wildman–Crippen LogP) is -1.60. The van der Waals surface area contributed by atoms with Crippen LogP contribution in [-0.2, 0) is 14.4 Å². The first-order valence-electron chi connectivity index (χ1n) is 3.74. The lowest BCUT2D eigenvalue weighted by molar-refractivity contribution is -0.742. The zero-order valence-corrected chi connectivity index (χ0v) is 8.14. The maximum atomic E-state index is 10.3. The van der Waals surface area contributed by atoms with E-state index >= 15 is 0 Å². The molecule has 0 unspecified atom stereocenters. The molecule has 0 saturated heterocycles. The van der Waals surface area contributed by atoms with Gasteiger partial charge >= 0.3 is 17.9 Å². The molecule has 17 heavy (non-hydrogen) atoms. The minimum Gasteiger partial charge on any atom is -0.481 e. The summed E-state index contributed by atoms with van der Waals surface area (Å²) in [7, 11) is 0. The molecule has 0 aliphatic rings. The summed E-state index contributed by atoms with van der Waals surface area (Å²) in [5.41, 5.74) is -2.74. The quantitative estimate of drug-likeness (QED) is 0.282. The van der Waals surface area contributed by atoms with Crippen LogP contribution in [0.4, 0.5) is 0 Å². The van der Waals surface area contributed by atoms with Gasteiger partial charge in [0.2, 0.25) is 0 Å². The van der Waals surface area contributed by atoms with Crippen molar-refractivity contribution >= 4 is 17.9 Å². The molecule has 0 amide bonds. The molecule has 11 heteroatoms. The van der Waals surface area contributed by atoms with Crippen molar-refractivity contribution in [2.24, 2.45) is 0 Å². The van der Waals surface area contributed by atoms with E-state index in [0.717, 1.165) is 0 Å². The smallest absolute Gasteiger partial charge is 0.336 e. The zero-order chi connectivity index (χ0) is 14.2. The van der Waals surface area contributed by atoms with Gasteiger partial charge in [0.25, 0.3) is 5.09 Å². The van der Waals surface area contributed by atoms with Gasteiger partial charge in [0.05, 0.1) is 12.8 Å². The van der Waals surface area contributed by atoms with E-state index < -0.39 is 41.4 Å². The number of aliphatic carboxylic acids is 3. The first kappa shape index (κ1) is 17.0. The average Bonchev–Trinajstić information content (AvgIpc) is 1.98. The van der Waals surface area contributed by atoms with Gasteiger partial charge in [-0.2, -0.15) is 0 Å². The molecule has 0 spiro atoms. The lowest BCUT2D eigenvalue weighted by atomic mass is 9.96.